The molecule has 3 aromatic rings. The first kappa shape index (κ1) is 21.4. The van der Waals surface area contributed by atoms with E-state index in [1.165, 1.54) is 25.6 Å². The largest absolute Gasteiger partial charge is 0.457 e. The van der Waals surface area contributed by atoms with Crippen LogP contribution in [-0.4, -0.2) is 29.0 Å². The quantitative estimate of drug-likeness (QED) is 0.525. The van der Waals surface area contributed by atoms with Gasteiger partial charge >= 0.3 is 6.03 Å². The number of nitrogens with zero attached hydrogens (tertiary/aromatic N) is 2. The number of ether oxygens (including phenoxy) is 1. The van der Waals surface area contributed by atoms with Crippen molar-refractivity contribution < 1.29 is 14.3 Å². The second-order valence-electron chi connectivity index (χ2n) is 5.99. The van der Waals surface area contributed by atoms with E-state index in [4.69, 9.17) is 27.9 Å². The summed E-state index contributed by atoms with van der Waals surface area (Å²) in [7, 11) is 1.53. The second-order valence-corrected chi connectivity index (χ2v) is 6.80. The maximum atomic E-state index is 12.1. The van der Waals surface area contributed by atoms with Crippen molar-refractivity contribution in [1.82, 2.24) is 20.6 Å². The van der Waals surface area contributed by atoms with Crippen LogP contribution in [0.3, 0.4) is 0 Å². The van der Waals surface area contributed by atoms with Crippen molar-refractivity contribution in [3.05, 3.63) is 76.3 Å². The van der Waals surface area contributed by atoms with Gasteiger partial charge in [-0.2, -0.15) is 0 Å². The van der Waals surface area contributed by atoms with Gasteiger partial charge in [0, 0.05) is 38.2 Å². The van der Waals surface area contributed by atoms with E-state index in [-0.39, 0.29) is 28.2 Å². The van der Waals surface area contributed by atoms with Crippen molar-refractivity contribution >= 4 is 40.8 Å². The molecule has 0 aliphatic rings. The molecular weight excluding hydrogens is 429 g/mol. The molecule has 3 N–H and O–H groups in total. The average Bonchev–Trinajstić information content (AvgIpc) is 2.75. The number of nitrogens with one attached hydrogen (secondary N) is 3. The molecule has 0 atom stereocenters. The monoisotopic (exact) mass is 445 g/mol. The van der Waals surface area contributed by atoms with Gasteiger partial charge in [0.1, 0.15) is 17.2 Å². The highest BCUT2D eigenvalue weighted by molar-refractivity contribution is 6.39. The smallest absolute Gasteiger partial charge is 0.319 e. The average molecular weight is 446 g/mol. The van der Waals surface area contributed by atoms with E-state index >= 15 is 0 Å². The molecule has 0 radical (unpaired) electrons. The zero-order valence-corrected chi connectivity index (χ0v) is 17.3. The Labute approximate surface area is 182 Å². The number of hydrogen-bond acceptors (Lipinski definition) is 5. The number of urea groups is 1. The molecule has 0 bridgehead atoms. The first-order valence-electron chi connectivity index (χ1n) is 8.75. The summed E-state index contributed by atoms with van der Waals surface area (Å²) < 4.78 is 5.74. The zero-order valence-electron chi connectivity index (χ0n) is 15.8. The number of aromatic nitrogens is 2. The van der Waals surface area contributed by atoms with E-state index in [0.29, 0.717) is 17.2 Å². The van der Waals surface area contributed by atoms with Crippen molar-refractivity contribution in [1.29, 1.82) is 0 Å². The van der Waals surface area contributed by atoms with Gasteiger partial charge in [-0.1, -0.05) is 35.3 Å². The normalized spacial score (nSPS) is 10.2. The summed E-state index contributed by atoms with van der Waals surface area (Å²) in [5.41, 5.74) is 1.41. The molecule has 2 aromatic heterocycles. The molecule has 0 spiro atoms. The Kier molecular flexibility index (Phi) is 7.05. The summed E-state index contributed by atoms with van der Waals surface area (Å²) in [6.07, 6.45) is 4.28. The van der Waals surface area contributed by atoms with E-state index in [2.05, 4.69) is 25.9 Å². The number of anilines is 1. The van der Waals surface area contributed by atoms with Gasteiger partial charge < -0.3 is 20.7 Å². The molecule has 1 aromatic carbocycles. The van der Waals surface area contributed by atoms with Crippen LogP contribution in [0.1, 0.15) is 16.1 Å². The van der Waals surface area contributed by atoms with Crippen LogP contribution in [0, 0.1) is 0 Å². The van der Waals surface area contributed by atoms with Crippen LogP contribution < -0.4 is 20.7 Å². The lowest BCUT2D eigenvalue weighted by Crippen LogP contribution is -2.28. The Morgan fingerprint density at radius 2 is 1.73 bits per heavy atom. The molecule has 8 nitrogen and oxygen atoms in total. The third kappa shape index (κ3) is 5.59. The van der Waals surface area contributed by atoms with Gasteiger partial charge in [0.2, 0.25) is 0 Å². The lowest BCUT2D eigenvalue weighted by atomic mass is 10.2. The molecule has 30 heavy (non-hydrogen) atoms. The Morgan fingerprint density at radius 3 is 2.40 bits per heavy atom. The number of carbonyl (C=O) groups is 2. The molecule has 0 aliphatic carbocycles. The minimum absolute atomic E-state index is 0.245. The summed E-state index contributed by atoms with van der Waals surface area (Å²) in [5, 5.41) is 8.31. The summed E-state index contributed by atoms with van der Waals surface area (Å²) in [5.74, 6) is 0.766. The van der Waals surface area contributed by atoms with Crippen molar-refractivity contribution in [2.45, 2.75) is 6.54 Å². The van der Waals surface area contributed by atoms with Crippen LogP contribution in [0.2, 0.25) is 10.0 Å². The number of halogens is 2. The summed E-state index contributed by atoms with van der Waals surface area (Å²) in [6, 6.07) is 9.88. The van der Waals surface area contributed by atoms with Crippen LogP contribution in [0.15, 0.2) is 55.0 Å². The second kappa shape index (κ2) is 9.91. The molecule has 0 unspecified atom stereocenters. The summed E-state index contributed by atoms with van der Waals surface area (Å²) >= 11 is 12.0. The first-order chi connectivity index (χ1) is 14.5. The third-order valence-corrected chi connectivity index (χ3v) is 4.47. The van der Waals surface area contributed by atoms with Crippen LogP contribution in [0.25, 0.3) is 0 Å². The van der Waals surface area contributed by atoms with Crippen molar-refractivity contribution in [2.24, 2.45) is 0 Å². The SMILES string of the molecule is CNC(=O)c1cc(Oc2ccc(CNC(=O)Nc3c(Cl)cncc3Cl)cc2)ccn1. The highest BCUT2D eigenvalue weighted by Crippen LogP contribution is 2.28. The van der Waals surface area contributed by atoms with E-state index in [0.717, 1.165) is 5.56 Å². The van der Waals surface area contributed by atoms with E-state index in [1.807, 2.05) is 12.1 Å². The van der Waals surface area contributed by atoms with Crippen molar-refractivity contribution in [2.75, 3.05) is 12.4 Å². The van der Waals surface area contributed by atoms with E-state index in [9.17, 15) is 9.59 Å². The van der Waals surface area contributed by atoms with Gasteiger partial charge in [-0.05, 0) is 23.8 Å². The maximum Gasteiger partial charge on any atom is 0.319 e. The number of carbonyl (C=O) groups excluding carboxylic acids is 2. The summed E-state index contributed by atoms with van der Waals surface area (Å²) in [4.78, 5) is 31.6. The molecule has 0 aliphatic heterocycles. The van der Waals surface area contributed by atoms with E-state index < -0.39 is 6.03 Å². The van der Waals surface area contributed by atoms with Gasteiger partial charge in [-0.3, -0.25) is 14.8 Å². The molecular formula is C20H17Cl2N5O3. The van der Waals surface area contributed by atoms with Crippen LogP contribution in [0.4, 0.5) is 10.5 Å². The fourth-order valence-corrected chi connectivity index (χ4v) is 2.87. The first-order valence-corrected chi connectivity index (χ1v) is 9.50. The predicted octanol–water partition coefficient (Wildman–Crippen LogP) is 4.26. The lowest BCUT2D eigenvalue weighted by molar-refractivity contribution is 0.0958. The minimum atomic E-state index is -0.455. The molecule has 3 amide bonds. The number of amides is 3. The molecule has 154 valence electrons. The van der Waals surface area contributed by atoms with Gasteiger partial charge in [0.25, 0.3) is 5.91 Å². The molecule has 2 heterocycles. The van der Waals surface area contributed by atoms with Crippen molar-refractivity contribution in [3.8, 4) is 11.5 Å². The van der Waals surface area contributed by atoms with Crippen molar-refractivity contribution in [3.63, 3.8) is 0 Å². The zero-order chi connectivity index (χ0) is 21.5. The Bertz CT molecular complexity index is 1040. The number of pyridine rings is 2. The standard InChI is InChI=1S/C20H17Cl2N5O3/c1-23-19(28)17-8-14(6-7-25-17)30-13-4-2-12(3-5-13)9-26-20(29)27-18-15(21)10-24-11-16(18)22/h2-8,10-11H,9H2,1H3,(H,23,28)(H2,24,26,27,29). The fourth-order valence-electron chi connectivity index (χ4n) is 2.41. The Morgan fingerprint density at radius 1 is 1.03 bits per heavy atom. The fraction of sp³-hybridized carbons (Fsp3) is 0.100. The van der Waals surface area contributed by atoms with Gasteiger partial charge in [0.05, 0.1) is 15.7 Å². The van der Waals surface area contributed by atoms with Gasteiger partial charge in [0.15, 0.2) is 0 Å². The predicted molar refractivity (Wildman–Crippen MR) is 114 cm³/mol. The number of hydrogen-bond donors (Lipinski definition) is 3. The van der Waals surface area contributed by atoms with Crippen LogP contribution >= 0.6 is 23.2 Å². The molecule has 0 saturated carbocycles. The minimum Gasteiger partial charge on any atom is -0.457 e. The maximum absolute atomic E-state index is 12.1. The van der Waals surface area contributed by atoms with Crippen LogP contribution in [0.5, 0.6) is 11.5 Å². The molecule has 0 saturated heterocycles. The Hall–Kier alpha value is -3.36. The Balaban J connectivity index is 1.56. The third-order valence-electron chi connectivity index (χ3n) is 3.90. The topological polar surface area (TPSA) is 105 Å². The molecule has 0 fully saturated rings. The van der Waals surface area contributed by atoms with Crippen LogP contribution in [-0.2, 0) is 6.54 Å². The summed E-state index contributed by atoms with van der Waals surface area (Å²) in [6.45, 7) is 0.280. The number of rotatable bonds is 6. The highest BCUT2D eigenvalue weighted by Gasteiger charge is 2.10. The highest BCUT2D eigenvalue weighted by atomic mass is 35.5. The van der Waals surface area contributed by atoms with Gasteiger partial charge in [-0.15, -0.1) is 0 Å². The van der Waals surface area contributed by atoms with Gasteiger partial charge in [-0.25, -0.2) is 4.79 Å². The molecule has 10 heteroatoms. The van der Waals surface area contributed by atoms with E-state index in [1.54, 1.807) is 24.3 Å². The molecule has 3 rings (SSSR count). The number of benzene rings is 1. The lowest BCUT2D eigenvalue weighted by Gasteiger charge is -2.11.